The Bertz CT molecular complexity index is 430. The van der Waals surface area contributed by atoms with Crippen molar-refractivity contribution in [3.05, 3.63) is 29.8 Å². The van der Waals surface area contributed by atoms with Crippen LogP contribution < -0.4 is 0 Å². The summed E-state index contributed by atoms with van der Waals surface area (Å²) < 4.78 is 21.9. The molecule has 0 heterocycles. The molecule has 0 N–H and O–H groups in total. The molecule has 0 saturated carbocycles. The molecule has 5 heteroatoms. The summed E-state index contributed by atoms with van der Waals surface area (Å²) in [5.74, 6) is 0. The molecule has 0 atom stereocenters. The van der Waals surface area contributed by atoms with Gasteiger partial charge in [0, 0.05) is 0 Å². The SMILES string of the molecule is N#CCc1ccc(S(=O)(=O)Br)cc1. The van der Waals surface area contributed by atoms with Crippen LogP contribution in [-0.2, 0) is 14.7 Å². The van der Waals surface area contributed by atoms with Crippen LogP contribution >= 0.6 is 14.8 Å². The van der Waals surface area contributed by atoms with Crippen LogP contribution in [0.2, 0.25) is 0 Å². The van der Waals surface area contributed by atoms with Gasteiger partial charge in [0.25, 0.3) is 0 Å². The van der Waals surface area contributed by atoms with Crippen molar-refractivity contribution in [1.29, 1.82) is 5.26 Å². The summed E-state index contributed by atoms with van der Waals surface area (Å²) in [6.45, 7) is 0. The molecule has 13 heavy (non-hydrogen) atoms. The van der Waals surface area contributed by atoms with E-state index in [4.69, 9.17) is 5.26 Å². The number of nitriles is 1. The fourth-order valence-electron chi connectivity index (χ4n) is 0.861. The molecular formula is C8H6BrNO2S. The first-order valence-electron chi connectivity index (χ1n) is 3.44. The van der Waals surface area contributed by atoms with Gasteiger partial charge in [-0.05, 0) is 17.7 Å². The molecule has 1 aromatic carbocycles. The normalized spacial score (nSPS) is 10.8. The second kappa shape index (κ2) is 3.90. The second-order valence-corrected chi connectivity index (χ2v) is 6.32. The number of nitrogens with zero attached hydrogens (tertiary/aromatic N) is 1. The maximum Gasteiger partial charge on any atom is 0.237 e. The summed E-state index contributed by atoms with van der Waals surface area (Å²) in [5, 5.41) is 8.37. The maximum absolute atomic E-state index is 11.0. The van der Waals surface area contributed by atoms with Crippen LogP contribution in [0.15, 0.2) is 29.2 Å². The first-order valence-corrected chi connectivity index (χ1v) is 6.77. The van der Waals surface area contributed by atoms with Crippen LogP contribution in [-0.4, -0.2) is 8.42 Å². The highest BCUT2D eigenvalue weighted by Crippen LogP contribution is 2.16. The zero-order chi connectivity index (χ0) is 9.90. The van der Waals surface area contributed by atoms with Gasteiger partial charge >= 0.3 is 0 Å². The van der Waals surface area contributed by atoms with Gasteiger partial charge in [0.05, 0.1) is 32.2 Å². The Balaban J connectivity index is 3.03. The molecule has 0 saturated heterocycles. The van der Waals surface area contributed by atoms with Gasteiger partial charge in [0.1, 0.15) is 0 Å². The number of rotatable bonds is 2. The Kier molecular flexibility index (Phi) is 3.07. The highest BCUT2D eigenvalue weighted by molar-refractivity contribution is 9.47. The summed E-state index contributed by atoms with van der Waals surface area (Å²) in [5.41, 5.74) is 0.808. The molecule has 0 fully saturated rings. The lowest BCUT2D eigenvalue weighted by atomic mass is 10.2. The summed E-state index contributed by atoms with van der Waals surface area (Å²) in [6, 6.07) is 8.16. The fourth-order valence-corrected chi connectivity index (χ4v) is 1.97. The molecule has 0 radical (unpaired) electrons. The predicted molar refractivity (Wildman–Crippen MR) is 51.9 cm³/mol. The monoisotopic (exact) mass is 259 g/mol. The van der Waals surface area contributed by atoms with Crippen molar-refractivity contribution in [2.45, 2.75) is 11.3 Å². The van der Waals surface area contributed by atoms with Crippen molar-refractivity contribution in [1.82, 2.24) is 0 Å². The van der Waals surface area contributed by atoms with E-state index >= 15 is 0 Å². The minimum absolute atomic E-state index is 0.203. The van der Waals surface area contributed by atoms with Crippen molar-refractivity contribution < 1.29 is 8.42 Å². The highest BCUT2D eigenvalue weighted by Gasteiger charge is 2.07. The molecule has 0 amide bonds. The van der Waals surface area contributed by atoms with Crippen molar-refractivity contribution >= 4 is 23.1 Å². The lowest BCUT2D eigenvalue weighted by Crippen LogP contribution is -1.90. The van der Waals surface area contributed by atoms with Gasteiger partial charge in [-0.1, -0.05) is 12.1 Å². The Hall–Kier alpha value is -0.860. The lowest BCUT2D eigenvalue weighted by molar-refractivity contribution is 0.611. The standard InChI is InChI=1S/C8H6BrNO2S/c9-13(11,12)8-3-1-7(2-4-8)5-6-10/h1-4H,5H2. The van der Waals surface area contributed by atoms with E-state index in [0.717, 1.165) is 5.56 Å². The van der Waals surface area contributed by atoms with E-state index in [2.05, 4.69) is 14.8 Å². The Labute approximate surface area is 84.1 Å². The molecule has 3 nitrogen and oxygen atoms in total. The molecule has 0 aliphatic rings. The zero-order valence-corrected chi connectivity index (χ0v) is 8.97. The van der Waals surface area contributed by atoms with Gasteiger partial charge in [-0.3, -0.25) is 0 Å². The van der Waals surface area contributed by atoms with E-state index < -0.39 is 8.27 Å². The molecular weight excluding hydrogens is 254 g/mol. The Morgan fingerprint density at radius 3 is 2.23 bits per heavy atom. The van der Waals surface area contributed by atoms with Gasteiger partial charge in [-0.25, -0.2) is 8.42 Å². The minimum Gasteiger partial charge on any atom is -0.212 e. The first kappa shape index (κ1) is 10.2. The van der Waals surface area contributed by atoms with Gasteiger partial charge in [0.2, 0.25) is 8.27 Å². The average molecular weight is 260 g/mol. The molecule has 1 aromatic rings. The molecule has 1 rings (SSSR count). The lowest BCUT2D eigenvalue weighted by Gasteiger charge is -1.97. The third kappa shape index (κ3) is 2.83. The van der Waals surface area contributed by atoms with E-state index in [9.17, 15) is 8.42 Å². The number of hydrogen-bond donors (Lipinski definition) is 0. The topological polar surface area (TPSA) is 57.9 Å². The van der Waals surface area contributed by atoms with Crippen molar-refractivity contribution in [2.75, 3.05) is 0 Å². The first-order chi connectivity index (χ1) is 6.04. The summed E-state index contributed by atoms with van der Waals surface area (Å²) in [6.07, 6.45) is 0.294. The van der Waals surface area contributed by atoms with E-state index in [0.29, 0.717) is 6.42 Å². The Morgan fingerprint density at radius 2 is 1.85 bits per heavy atom. The van der Waals surface area contributed by atoms with E-state index in [1.165, 1.54) is 12.1 Å². The molecule has 0 aliphatic carbocycles. The highest BCUT2D eigenvalue weighted by atomic mass is 79.9. The third-order valence-corrected chi connectivity index (χ3v) is 3.44. The minimum atomic E-state index is -3.30. The largest absolute Gasteiger partial charge is 0.237 e. The van der Waals surface area contributed by atoms with Crippen LogP contribution in [0.3, 0.4) is 0 Å². The van der Waals surface area contributed by atoms with Gasteiger partial charge < -0.3 is 0 Å². The van der Waals surface area contributed by atoms with Crippen LogP contribution in [0.1, 0.15) is 5.56 Å². The van der Waals surface area contributed by atoms with Crippen molar-refractivity contribution in [2.24, 2.45) is 0 Å². The molecule has 0 aromatic heterocycles. The summed E-state index contributed by atoms with van der Waals surface area (Å²) in [4.78, 5) is 0.203. The van der Waals surface area contributed by atoms with E-state index in [-0.39, 0.29) is 4.90 Å². The Morgan fingerprint density at radius 1 is 1.31 bits per heavy atom. The van der Waals surface area contributed by atoms with Crippen molar-refractivity contribution in [3.63, 3.8) is 0 Å². The number of hydrogen-bond acceptors (Lipinski definition) is 3. The fraction of sp³-hybridized carbons (Fsp3) is 0.125. The van der Waals surface area contributed by atoms with Crippen LogP contribution in [0.25, 0.3) is 0 Å². The average Bonchev–Trinajstić information content (AvgIpc) is 2.04. The van der Waals surface area contributed by atoms with Crippen LogP contribution in [0.4, 0.5) is 0 Å². The summed E-state index contributed by atoms with van der Waals surface area (Å²) in [7, 11) is -3.30. The zero-order valence-electron chi connectivity index (χ0n) is 6.57. The molecule has 0 aliphatic heterocycles. The van der Waals surface area contributed by atoms with Crippen LogP contribution in [0.5, 0.6) is 0 Å². The van der Waals surface area contributed by atoms with E-state index in [1.54, 1.807) is 12.1 Å². The number of halogens is 1. The molecule has 68 valence electrons. The van der Waals surface area contributed by atoms with Crippen LogP contribution in [0, 0.1) is 11.3 Å². The van der Waals surface area contributed by atoms with Gasteiger partial charge in [0.15, 0.2) is 0 Å². The second-order valence-electron chi connectivity index (χ2n) is 2.42. The van der Waals surface area contributed by atoms with E-state index in [1.807, 2.05) is 6.07 Å². The molecule has 0 bridgehead atoms. The third-order valence-electron chi connectivity index (χ3n) is 1.49. The molecule has 0 unspecified atom stereocenters. The van der Waals surface area contributed by atoms with Gasteiger partial charge in [-0.15, -0.1) is 0 Å². The van der Waals surface area contributed by atoms with Crippen molar-refractivity contribution in [3.8, 4) is 6.07 Å². The van der Waals surface area contributed by atoms with Gasteiger partial charge in [-0.2, -0.15) is 5.26 Å². The smallest absolute Gasteiger partial charge is 0.212 e. The quantitative estimate of drug-likeness (QED) is 0.762. The number of benzene rings is 1. The maximum atomic E-state index is 11.0. The molecule has 0 spiro atoms. The summed E-state index contributed by atoms with van der Waals surface area (Å²) >= 11 is 2.56. The predicted octanol–water partition coefficient (Wildman–Crippen LogP) is 1.84.